The first-order chi connectivity index (χ1) is 18.9. The van der Waals surface area contributed by atoms with Crippen molar-refractivity contribution in [3.05, 3.63) is 53.0 Å². The number of ether oxygens (including phenoxy) is 1. The maximum absolute atomic E-state index is 12.9. The lowest BCUT2D eigenvalue weighted by Gasteiger charge is -2.33. The van der Waals surface area contributed by atoms with Crippen LogP contribution in [-0.2, 0) is 9.53 Å². The number of benzene rings is 1. The number of rotatable bonds is 6. The number of pyridine rings is 1. The number of carbonyl (C=O) groups excluding carboxylic acids is 1. The Balaban J connectivity index is 1.21. The Morgan fingerprint density at radius 3 is 2.62 bits per heavy atom. The van der Waals surface area contributed by atoms with E-state index in [1.807, 2.05) is 4.52 Å². The summed E-state index contributed by atoms with van der Waals surface area (Å²) in [4.78, 5) is 25.5. The number of amides is 1. The number of aromatic amines is 1. The summed E-state index contributed by atoms with van der Waals surface area (Å²) in [6.45, 7) is 14.8. The zero-order chi connectivity index (χ0) is 27.1. The molecule has 0 spiro atoms. The average Bonchev–Trinajstić information content (AvgIpc) is 3.59. The van der Waals surface area contributed by atoms with E-state index in [9.17, 15) is 4.79 Å². The van der Waals surface area contributed by atoms with Gasteiger partial charge in [-0.1, -0.05) is 19.9 Å². The topological polar surface area (TPSA) is 78.8 Å². The Labute approximate surface area is 230 Å². The predicted molar refractivity (Wildman–Crippen MR) is 154 cm³/mol. The Kier molecular flexibility index (Phi) is 7.16. The van der Waals surface area contributed by atoms with Gasteiger partial charge in [0.1, 0.15) is 6.33 Å². The maximum atomic E-state index is 12.9. The number of morpholine rings is 1. The molecule has 1 aromatic carbocycles. The number of H-pyrrole nitrogens is 1. The van der Waals surface area contributed by atoms with Gasteiger partial charge in [-0.25, -0.2) is 9.50 Å². The molecule has 6 rings (SSSR count). The van der Waals surface area contributed by atoms with Gasteiger partial charge in [0.2, 0.25) is 5.91 Å². The Morgan fingerprint density at radius 1 is 1.10 bits per heavy atom. The molecule has 1 N–H and O–H groups in total. The number of carbonyl (C=O) groups is 1. The molecule has 4 aromatic rings. The molecule has 39 heavy (non-hydrogen) atoms. The molecule has 8 nitrogen and oxygen atoms in total. The molecule has 0 saturated carbocycles. The van der Waals surface area contributed by atoms with E-state index in [0.29, 0.717) is 24.2 Å². The van der Waals surface area contributed by atoms with Crippen molar-refractivity contribution < 1.29 is 9.53 Å². The maximum Gasteiger partial charge on any atom is 0.223 e. The number of fused-ring (bicyclic) bond motifs is 2. The third-order valence-corrected chi connectivity index (χ3v) is 8.90. The van der Waals surface area contributed by atoms with Crippen molar-refractivity contribution in [1.82, 2.24) is 29.4 Å². The third kappa shape index (κ3) is 4.96. The van der Waals surface area contributed by atoms with Crippen LogP contribution in [0, 0.1) is 13.8 Å². The summed E-state index contributed by atoms with van der Waals surface area (Å²) in [5.41, 5.74) is 9.56. The van der Waals surface area contributed by atoms with Gasteiger partial charge in [-0.15, -0.1) is 0 Å². The highest BCUT2D eigenvalue weighted by Crippen LogP contribution is 2.40. The fraction of sp³-hybridized carbons (Fsp3) is 0.516. The van der Waals surface area contributed by atoms with Crippen LogP contribution in [0.1, 0.15) is 67.2 Å². The van der Waals surface area contributed by atoms with E-state index < -0.39 is 0 Å². The molecule has 3 aromatic heterocycles. The van der Waals surface area contributed by atoms with Gasteiger partial charge >= 0.3 is 0 Å². The van der Waals surface area contributed by atoms with E-state index in [1.54, 1.807) is 6.33 Å². The highest BCUT2D eigenvalue weighted by atomic mass is 16.5. The van der Waals surface area contributed by atoms with Gasteiger partial charge in [-0.2, -0.15) is 5.10 Å². The third-order valence-electron chi connectivity index (χ3n) is 8.90. The molecule has 206 valence electrons. The van der Waals surface area contributed by atoms with E-state index in [0.717, 1.165) is 70.0 Å². The lowest BCUT2D eigenvalue weighted by molar-refractivity contribution is -0.132. The average molecular weight is 529 g/mol. The van der Waals surface area contributed by atoms with Crippen molar-refractivity contribution in [3.63, 3.8) is 0 Å². The molecule has 2 saturated heterocycles. The fourth-order valence-corrected chi connectivity index (χ4v) is 6.45. The number of aromatic nitrogens is 4. The van der Waals surface area contributed by atoms with Gasteiger partial charge in [0.25, 0.3) is 0 Å². The van der Waals surface area contributed by atoms with Gasteiger partial charge in [-0.05, 0) is 72.9 Å². The van der Waals surface area contributed by atoms with Crippen LogP contribution in [0.2, 0.25) is 0 Å². The van der Waals surface area contributed by atoms with Crippen LogP contribution in [0.3, 0.4) is 0 Å². The molecule has 5 heterocycles. The number of likely N-dealkylation sites (tertiary alicyclic amines) is 1. The first kappa shape index (κ1) is 26.0. The first-order valence-electron chi connectivity index (χ1n) is 14.4. The second-order valence-electron chi connectivity index (χ2n) is 11.6. The van der Waals surface area contributed by atoms with Crippen LogP contribution in [0.25, 0.3) is 27.8 Å². The van der Waals surface area contributed by atoms with Gasteiger partial charge in [0.05, 0.1) is 18.9 Å². The smallest absolute Gasteiger partial charge is 0.223 e. The van der Waals surface area contributed by atoms with E-state index in [-0.39, 0.29) is 0 Å². The zero-order valence-electron chi connectivity index (χ0n) is 23.7. The van der Waals surface area contributed by atoms with E-state index >= 15 is 0 Å². The van der Waals surface area contributed by atoms with Gasteiger partial charge in [0.15, 0.2) is 5.65 Å². The molecule has 2 aliphatic heterocycles. The summed E-state index contributed by atoms with van der Waals surface area (Å²) < 4.78 is 7.31. The zero-order valence-corrected chi connectivity index (χ0v) is 23.7. The van der Waals surface area contributed by atoms with Gasteiger partial charge in [-0.3, -0.25) is 9.69 Å². The van der Waals surface area contributed by atoms with Crippen molar-refractivity contribution in [2.45, 2.75) is 58.8 Å². The molecular weight excluding hydrogens is 488 g/mol. The minimum Gasteiger partial charge on any atom is -0.379 e. The monoisotopic (exact) mass is 528 g/mol. The molecule has 2 aliphatic rings. The number of nitrogens with one attached hydrogen (secondary N) is 1. The second kappa shape index (κ2) is 10.7. The SMILES string of the molecule is Cc1c(-c2[nH]c3ccc(C4CCN(C(=O)CCN5CCOCC5)CC4)cc3c2C(C)C)cn2ncnc2c1C. The lowest BCUT2D eigenvalue weighted by Crippen LogP contribution is -2.41. The second-order valence-corrected chi connectivity index (χ2v) is 11.6. The first-order valence-corrected chi connectivity index (χ1v) is 14.4. The molecule has 0 radical (unpaired) electrons. The molecule has 8 heteroatoms. The minimum atomic E-state index is 0.294. The number of aryl methyl sites for hydroxylation is 1. The van der Waals surface area contributed by atoms with Crippen molar-refractivity contribution >= 4 is 22.5 Å². The summed E-state index contributed by atoms with van der Waals surface area (Å²) in [5, 5.41) is 5.72. The van der Waals surface area contributed by atoms with Crippen LogP contribution in [0.15, 0.2) is 30.7 Å². The van der Waals surface area contributed by atoms with Crippen LogP contribution >= 0.6 is 0 Å². The highest BCUT2D eigenvalue weighted by molar-refractivity contribution is 5.92. The van der Waals surface area contributed by atoms with Crippen LogP contribution < -0.4 is 0 Å². The molecule has 1 amide bonds. The molecule has 0 unspecified atom stereocenters. The molecular formula is C31H40N6O2. The predicted octanol–water partition coefficient (Wildman–Crippen LogP) is 5.05. The number of nitrogens with zero attached hydrogens (tertiary/aromatic N) is 5. The molecule has 0 atom stereocenters. The van der Waals surface area contributed by atoms with E-state index in [2.05, 4.69) is 77.0 Å². The normalized spacial score (nSPS) is 17.6. The summed E-state index contributed by atoms with van der Waals surface area (Å²) in [7, 11) is 0. The number of piperidine rings is 1. The largest absolute Gasteiger partial charge is 0.379 e. The Bertz CT molecular complexity index is 1490. The number of hydrogen-bond donors (Lipinski definition) is 1. The van der Waals surface area contributed by atoms with Crippen LogP contribution in [0.4, 0.5) is 0 Å². The molecule has 2 fully saturated rings. The van der Waals surface area contributed by atoms with Crippen LogP contribution in [-0.4, -0.2) is 81.2 Å². The summed E-state index contributed by atoms with van der Waals surface area (Å²) in [5.74, 6) is 1.13. The Hall–Kier alpha value is -3.23. The highest BCUT2D eigenvalue weighted by Gasteiger charge is 2.26. The van der Waals surface area contributed by atoms with Crippen molar-refractivity contribution in [3.8, 4) is 11.3 Å². The Morgan fingerprint density at radius 2 is 1.87 bits per heavy atom. The molecule has 0 bridgehead atoms. The van der Waals surface area contributed by atoms with Crippen molar-refractivity contribution in [2.75, 3.05) is 45.9 Å². The van der Waals surface area contributed by atoms with Crippen LogP contribution in [0.5, 0.6) is 0 Å². The fourth-order valence-electron chi connectivity index (χ4n) is 6.45. The lowest BCUT2D eigenvalue weighted by atomic mass is 9.87. The van der Waals surface area contributed by atoms with Gasteiger partial charge in [0, 0.05) is 61.8 Å². The molecule has 0 aliphatic carbocycles. The summed E-state index contributed by atoms with van der Waals surface area (Å²) in [6, 6.07) is 6.93. The quantitative estimate of drug-likeness (QED) is 0.379. The standard InChI is InChI=1S/C31H40N6O2/c1-20(2)29-25-17-24(23-7-11-36(12-8-23)28(38)9-10-35-13-15-39-16-14-35)5-6-27(25)34-30(29)26-18-37-31(32-19-33-37)22(4)21(26)3/h5-6,17-20,23,34H,7-16H2,1-4H3. The van der Waals surface area contributed by atoms with E-state index in [1.165, 1.54) is 38.9 Å². The van der Waals surface area contributed by atoms with Crippen molar-refractivity contribution in [1.29, 1.82) is 0 Å². The number of hydrogen-bond acceptors (Lipinski definition) is 5. The summed E-state index contributed by atoms with van der Waals surface area (Å²) >= 11 is 0. The summed E-state index contributed by atoms with van der Waals surface area (Å²) in [6.07, 6.45) is 6.37. The van der Waals surface area contributed by atoms with Gasteiger partial charge < -0.3 is 14.6 Å². The van der Waals surface area contributed by atoms with Crippen molar-refractivity contribution in [2.24, 2.45) is 0 Å². The minimum absolute atomic E-state index is 0.294. The van der Waals surface area contributed by atoms with E-state index in [4.69, 9.17) is 4.74 Å².